The number of hydrogen-bond acceptors (Lipinski definition) is 3. The maximum absolute atomic E-state index is 12.1. The fourth-order valence-electron chi connectivity index (χ4n) is 2.01. The van der Waals surface area contributed by atoms with Crippen LogP contribution in [0.3, 0.4) is 0 Å². The molecule has 2 rings (SSSR count). The molecule has 4 heteroatoms. The van der Waals surface area contributed by atoms with Gasteiger partial charge in [0.15, 0.2) is 11.8 Å². The maximum Gasteiger partial charge on any atom is 0.184 e. The molecular formula is C15H22N2O2. The monoisotopic (exact) mass is 262 g/mol. The first-order valence-electron chi connectivity index (χ1n) is 6.71. The molecule has 0 radical (unpaired) electrons. The third-order valence-corrected chi connectivity index (χ3v) is 3.21. The zero-order chi connectivity index (χ0) is 13.9. The van der Waals surface area contributed by atoms with Crippen LogP contribution in [0.2, 0.25) is 0 Å². The van der Waals surface area contributed by atoms with Crippen LogP contribution in [0.25, 0.3) is 0 Å². The van der Waals surface area contributed by atoms with Gasteiger partial charge in [-0.05, 0) is 12.1 Å². The zero-order valence-corrected chi connectivity index (χ0v) is 11.9. The van der Waals surface area contributed by atoms with Crippen molar-refractivity contribution in [2.75, 3.05) is 31.2 Å². The van der Waals surface area contributed by atoms with Gasteiger partial charge >= 0.3 is 0 Å². The van der Waals surface area contributed by atoms with E-state index in [4.69, 9.17) is 4.74 Å². The average Bonchev–Trinajstić information content (AvgIpc) is 2.39. The van der Waals surface area contributed by atoms with E-state index in [-0.39, 0.29) is 0 Å². The molecule has 1 aliphatic heterocycles. The molecule has 0 bridgehead atoms. The summed E-state index contributed by atoms with van der Waals surface area (Å²) in [6.45, 7) is 8.97. The smallest absolute Gasteiger partial charge is 0.184 e. The van der Waals surface area contributed by atoms with Crippen molar-refractivity contribution >= 4 is 11.9 Å². The number of para-hydroxylation sites is 1. The Morgan fingerprint density at radius 3 is 2.47 bits per heavy atom. The van der Waals surface area contributed by atoms with Crippen LogP contribution >= 0.6 is 0 Å². The van der Waals surface area contributed by atoms with E-state index in [1.165, 1.54) is 0 Å². The highest BCUT2D eigenvalue weighted by molar-refractivity contribution is 5.85. The normalized spacial score (nSPS) is 17.6. The predicted molar refractivity (Wildman–Crippen MR) is 78.0 cm³/mol. The van der Waals surface area contributed by atoms with Gasteiger partial charge in [-0.1, -0.05) is 12.1 Å². The summed E-state index contributed by atoms with van der Waals surface area (Å²) in [6, 6.07) is 8.02. The molecule has 19 heavy (non-hydrogen) atoms. The Bertz CT molecular complexity index is 457. The van der Waals surface area contributed by atoms with Crippen LogP contribution in [-0.2, 0) is 4.74 Å². The van der Waals surface area contributed by atoms with Gasteiger partial charge in [-0.25, -0.2) is 4.74 Å². The van der Waals surface area contributed by atoms with Crippen molar-refractivity contribution in [3.8, 4) is 0 Å². The standard InChI is InChI=1S/C15H22N2O2/c1-15(2,3)17(18)12-13-6-4-5-7-14(13)16-8-10-19-11-9-16/h4-7,12H,8-11H2,1-3H3. The van der Waals surface area contributed by atoms with Crippen molar-refractivity contribution in [3.63, 3.8) is 0 Å². The quantitative estimate of drug-likeness (QED) is 0.355. The van der Waals surface area contributed by atoms with Gasteiger partial charge in [0, 0.05) is 33.9 Å². The van der Waals surface area contributed by atoms with Gasteiger partial charge in [-0.15, -0.1) is 0 Å². The van der Waals surface area contributed by atoms with Crippen LogP contribution in [0.4, 0.5) is 5.69 Å². The Morgan fingerprint density at radius 1 is 1.21 bits per heavy atom. The summed E-state index contributed by atoms with van der Waals surface area (Å²) in [6.07, 6.45) is 1.69. The van der Waals surface area contributed by atoms with Gasteiger partial charge in [0.25, 0.3) is 0 Å². The molecule has 0 aliphatic carbocycles. The third kappa shape index (κ3) is 3.47. The van der Waals surface area contributed by atoms with Crippen LogP contribution in [0.5, 0.6) is 0 Å². The lowest BCUT2D eigenvalue weighted by Crippen LogP contribution is -2.37. The molecule has 4 nitrogen and oxygen atoms in total. The summed E-state index contributed by atoms with van der Waals surface area (Å²) in [7, 11) is 0. The van der Waals surface area contributed by atoms with Crippen LogP contribution in [0, 0.1) is 5.21 Å². The second-order valence-corrected chi connectivity index (χ2v) is 5.78. The second kappa shape index (κ2) is 5.61. The highest BCUT2D eigenvalue weighted by Gasteiger charge is 2.20. The van der Waals surface area contributed by atoms with Gasteiger partial charge in [-0.2, -0.15) is 0 Å². The highest BCUT2D eigenvalue weighted by atomic mass is 16.5. The van der Waals surface area contributed by atoms with Gasteiger partial charge in [-0.3, -0.25) is 0 Å². The minimum absolute atomic E-state index is 0.419. The Morgan fingerprint density at radius 2 is 1.84 bits per heavy atom. The zero-order valence-electron chi connectivity index (χ0n) is 11.9. The molecule has 1 aliphatic rings. The number of hydrogen-bond donors (Lipinski definition) is 0. The van der Waals surface area contributed by atoms with Gasteiger partial charge < -0.3 is 14.8 Å². The van der Waals surface area contributed by atoms with Crippen LogP contribution in [0.15, 0.2) is 24.3 Å². The van der Waals surface area contributed by atoms with Gasteiger partial charge in [0.05, 0.1) is 24.5 Å². The fraction of sp³-hybridized carbons (Fsp3) is 0.533. The van der Waals surface area contributed by atoms with Gasteiger partial charge in [0.1, 0.15) is 0 Å². The number of morpholine rings is 1. The van der Waals surface area contributed by atoms with E-state index in [1.807, 2.05) is 39.0 Å². The van der Waals surface area contributed by atoms with E-state index in [9.17, 15) is 5.21 Å². The summed E-state index contributed by atoms with van der Waals surface area (Å²) in [4.78, 5) is 2.27. The van der Waals surface area contributed by atoms with E-state index in [0.717, 1.165) is 42.3 Å². The molecule has 1 fully saturated rings. The summed E-state index contributed by atoms with van der Waals surface area (Å²) in [5, 5.41) is 12.1. The average molecular weight is 262 g/mol. The predicted octanol–water partition coefficient (Wildman–Crippen LogP) is 2.25. The molecule has 0 spiro atoms. The molecule has 104 valence electrons. The van der Waals surface area contributed by atoms with Crippen molar-refractivity contribution in [2.24, 2.45) is 0 Å². The van der Waals surface area contributed by atoms with Gasteiger partial charge in [0.2, 0.25) is 0 Å². The molecule has 0 saturated carbocycles. The van der Waals surface area contributed by atoms with Crippen molar-refractivity contribution in [2.45, 2.75) is 26.3 Å². The number of rotatable bonds is 2. The largest absolute Gasteiger partial charge is 0.623 e. The number of ether oxygens (including phenoxy) is 1. The molecule has 0 N–H and O–H groups in total. The topological polar surface area (TPSA) is 38.5 Å². The molecule has 0 amide bonds. The highest BCUT2D eigenvalue weighted by Crippen LogP contribution is 2.20. The molecule has 1 aromatic rings. The lowest BCUT2D eigenvalue weighted by atomic mass is 10.1. The van der Waals surface area contributed by atoms with Crippen LogP contribution in [0.1, 0.15) is 26.3 Å². The maximum atomic E-state index is 12.1. The van der Waals surface area contributed by atoms with E-state index >= 15 is 0 Å². The summed E-state index contributed by atoms with van der Waals surface area (Å²) >= 11 is 0. The minimum atomic E-state index is -0.419. The second-order valence-electron chi connectivity index (χ2n) is 5.78. The Balaban J connectivity index is 2.30. The molecular weight excluding hydrogens is 240 g/mol. The van der Waals surface area contributed by atoms with Crippen molar-refractivity contribution < 1.29 is 9.48 Å². The molecule has 0 atom stereocenters. The SMILES string of the molecule is CC(C)(C)[N+]([O-])=Cc1ccccc1N1CCOCC1. The number of hydroxylamine groups is 1. The lowest BCUT2D eigenvalue weighted by molar-refractivity contribution is -0.530. The van der Waals surface area contributed by atoms with E-state index < -0.39 is 5.54 Å². The third-order valence-electron chi connectivity index (χ3n) is 3.21. The van der Waals surface area contributed by atoms with E-state index in [1.54, 1.807) is 6.21 Å². The summed E-state index contributed by atoms with van der Waals surface area (Å²) in [5.74, 6) is 0. The fourth-order valence-corrected chi connectivity index (χ4v) is 2.01. The van der Waals surface area contributed by atoms with Crippen LogP contribution in [-0.4, -0.2) is 42.8 Å². The number of benzene rings is 1. The first kappa shape index (κ1) is 13.9. The first-order valence-corrected chi connectivity index (χ1v) is 6.71. The van der Waals surface area contributed by atoms with Crippen molar-refractivity contribution in [1.82, 2.24) is 0 Å². The van der Waals surface area contributed by atoms with E-state index in [0.29, 0.717) is 0 Å². The summed E-state index contributed by atoms with van der Waals surface area (Å²) < 4.78 is 6.39. The number of anilines is 1. The van der Waals surface area contributed by atoms with Crippen LogP contribution < -0.4 is 4.90 Å². The van der Waals surface area contributed by atoms with Crippen molar-refractivity contribution in [1.29, 1.82) is 0 Å². The minimum Gasteiger partial charge on any atom is -0.623 e. The van der Waals surface area contributed by atoms with Crippen molar-refractivity contribution in [3.05, 3.63) is 35.0 Å². The summed E-state index contributed by atoms with van der Waals surface area (Å²) in [5.41, 5.74) is 1.66. The molecule has 1 saturated heterocycles. The molecule has 1 heterocycles. The molecule has 0 aromatic heterocycles. The Labute approximate surface area is 114 Å². The van der Waals surface area contributed by atoms with E-state index in [2.05, 4.69) is 11.0 Å². The first-order chi connectivity index (χ1) is 8.98. The number of nitrogens with zero attached hydrogens (tertiary/aromatic N) is 2. The lowest BCUT2D eigenvalue weighted by Gasteiger charge is -2.30. The Kier molecular flexibility index (Phi) is 4.10. The Hall–Kier alpha value is -1.55. The molecule has 1 aromatic carbocycles. The molecule has 0 unspecified atom stereocenters.